The molecule has 0 aliphatic heterocycles. The largest absolute Gasteiger partial charge is 0.467 e. The topological polar surface area (TPSA) is 54.6 Å². The van der Waals surface area contributed by atoms with Crippen LogP contribution < -0.4 is 5.32 Å². The molecule has 2 rings (SSSR count). The van der Waals surface area contributed by atoms with Crippen molar-refractivity contribution in [3.05, 3.63) is 53.5 Å². The molecule has 0 spiro atoms. The van der Waals surface area contributed by atoms with Gasteiger partial charge in [-0.3, -0.25) is 0 Å². The van der Waals surface area contributed by atoms with Gasteiger partial charge in [-0.2, -0.15) is 0 Å². The Morgan fingerprint density at radius 1 is 1.25 bits per heavy atom. The van der Waals surface area contributed by atoms with Crippen LogP contribution in [-0.2, 0) is 11.3 Å². The van der Waals surface area contributed by atoms with Crippen LogP contribution in [0.3, 0.4) is 0 Å². The Labute approximate surface area is 119 Å². The summed E-state index contributed by atoms with van der Waals surface area (Å²) in [6.07, 6.45) is 1.06. The van der Waals surface area contributed by atoms with Crippen LogP contribution in [0.5, 0.6) is 0 Å². The van der Waals surface area contributed by atoms with Crippen LogP contribution in [0.1, 0.15) is 16.9 Å². The van der Waals surface area contributed by atoms with E-state index >= 15 is 0 Å². The first-order chi connectivity index (χ1) is 9.63. The minimum absolute atomic E-state index is 0.276. The molecule has 1 unspecified atom stereocenters. The van der Waals surface area contributed by atoms with Crippen LogP contribution in [0.15, 0.2) is 41.0 Å². The molecule has 1 aromatic carbocycles. The number of hydrogen-bond donors (Lipinski definition) is 2. The number of anilines is 1. The lowest BCUT2D eigenvalue weighted by atomic mass is 10.1. The summed E-state index contributed by atoms with van der Waals surface area (Å²) >= 11 is 0. The van der Waals surface area contributed by atoms with E-state index in [2.05, 4.69) is 37.4 Å². The van der Waals surface area contributed by atoms with E-state index in [1.54, 1.807) is 6.26 Å². The van der Waals surface area contributed by atoms with Crippen LogP contribution in [0.25, 0.3) is 0 Å². The Hall–Kier alpha value is -1.78. The van der Waals surface area contributed by atoms with Crippen LogP contribution in [0.4, 0.5) is 5.69 Å². The lowest BCUT2D eigenvalue weighted by Crippen LogP contribution is -2.24. The Bertz CT molecular complexity index is 502. The summed E-state index contributed by atoms with van der Waals surface area (Å²) in [6.45, 7) is 5.23. The van der Waals surface area contributed by atoms with E-state index in [-0.39, 0.29) is 6.61 Å². The first-order valence-electron chi connectivity index (χ1n) is 6.74. The predicted octanol–water partition coefficient (Wildman–Crippen LogP) is 2.89. The third-order valence-corrected chi connectivity index (χ3v) is 2.90. The number of aliphatic hydroxyl groups is 1. The molecular formula is C16H21NO3. The summed E-state index contributed by atoms with van der Waals surface area (Å²) in [5, 5.41) is 13.1. The average molecular weight is 275 g/mol. The number of ether oxygens (including phenoxy) is 1. The summed E-state index contributed by atoms with van der Waals surface area (Å²) in [5.41, 5.74) is 3.43. The van der Waals surface area contributed by atoms with Gasteiger partial charge in [0.25, 0.3) is 0 Å². The van der Waals surface area contributed by atoms with Crippen LogP contribution in [0, 0.1) is 13.8 Å². The first-order valence-corrected chi connectivity index (χ1v) is 6.74. The number of aliphatic hydroxyl groups excluding tert-OH is 1. The van der Waals surface area contributed by atoms with Gasteiger partial charge in [0.1, 0.15) is 12.4 Å². The monoisotopic (exact) mass is 275 g/mol. The maximum atomic E-state index is 9.86. The number of nitrogens with one attached hydrogen (secondary N) is 1. The molecule has 4 nitrogen and oxygen atoms in total. The van der Waals surface area contributed by atoms with E-state index in [0.717, 1.165) is 11.4 Å². The van der Waals surface area contributed by atoms with E-state index in [1.807, 2.05) is 12.1 Å². The Morgan fingerprint density at radius 3 is 2.65 bits per heavy atom. The molecule has 2 N–H and O–H groups in total. The lowest BCUT2D eigenvalue weighted by molar-refractivity contribution is 0.0282. The number of furan rings is 1. The summed E-state index contributed by atoms with van der Waals surface area (Å²) in [5.74, 6) is 0.763. The van der Waals surface area contributed by atoms with Gasteiger partial charge in [-0.1, -0.05) is 6.07 Å². The molecule has 2 aromatic rings. The maximum Gasteiger partial charge on any atom is 0.129 e. The van der Waals surface area contributed by atoms with Crippen molar-refractivity contribution in [2.24, 2.45) is 0 Å². The molecule has 0 saturated heterocycles. The van der Waals surface area contributed by atoms with E-state index in [1.165, 1.54) is 11.1 Å². The highest BCUT2D eigenvalue weighted by atomic mass is 16.5. The van der Waals surface area contributed by atoms with Gasteiger partial charge in [0.05, 0.1) is 19.0 Å². The molecule has 0 fully saturated rings. The van der Waals surface area contributed by atoms with Gasteiger partial charge in [0, 0.05) is 12.2 Å². The van der Waals surface area contributed by atoms with E-state index in [9.17, 15) is 5.11 Å². The fourth-order valence-electron chi connectivity index (χ4n) is 2.06. The van der Waals surface area contributed by atoms with Crippen LogP contribution >= 0.6 is 0 Å². The van der Waals surface area contributed by atoms with Crippen LogP contribution in [-0.4, -0.2) is 24.4 Å². The van der Waals surface area contributed by atoms with Gasteiger partial charge in [-0.15, -0.1) is 0 Å². The normalized spacial score (nSPS) is 12.3. The molecule has 0 bridgehead atoms. The van der Waals surface area contributed by atoms with Crippen molar-refractivity contribution >= 4 is 5.69 Å². The van der Waals surface area contributed by atoms with Gasteiger partial charge in [0.15, 0.2) is 0 Å². The van der Waals surface area contributed by atoms with Gasteiger partial charge >= 0.3 is 0 Å². The average Bonchev–Trinajstić information content (AvgIpc) is 2.88. The molecule has 0 aliphatic rings. The van der Waals surface area contributed by atoms with E-state index in [4.69, 9.17) is 9.15 Å². The minimum Gasteiger partial charge on any atom is -0.467 e. The smallest absolute Gasteiger partial charge is 0.129 e. The zero-order chi connectivity index (χ0) is 14.4. The van der Waals surface area contributed by atoms with Crippen molar-refractivity contribution in [2.75, 3.05) is 18.5 Å². The van der Waals surface area contributed by atoms with Crippen molar-refractivity contribution in [3.63, 3.8) is 0 Å². The number of benzene rings is 1. The second-order valence-electron chi connectivity index (χ2n) is 5.01. The molecule has 0 radical (unpaired) electrons. The van der Waals surface area contributed by atoms with Crippen molar-refractivity contribution in [3.8, 4) is 0 Å². The number of hydrogen-bond acceptors (Lipinski definition) is 4. The fraction of sp³-hybridized carbons (Fsp3) is 0.375. The maximum absolute atomic E-state index is 9.86. The van der Waals surface area contributed by atoms with Crippen molar-refractivity contribution in [1.29, 1.82) is 0 Å². The van der Waals surface area contributed by atoms with E-state index < -0.39 is 6.10 Å². The lowest BCUT2D eigenvalue weighted by Gasteiger charge is -2.13. The molecule has 0 aliphatic carbocycles. The molecule has 4 heteroatoms. The SMILES string of the molecule is Cc1cc(C)cc(NCC(O)COCc2ccco2)c1. The molecule has 1 heterocycles. The number of rotatable bonds is 7. The molecular weight excluding hydrogens is 254 g/mol. The zero-order valence-corrected chi connectivity index (χ0v) is 11.9. The molecule has 0 amide bonds. The summed E-state index contributed by atoms with van der Waals surface area (Å²) in [7, 11) is 0. The zero-order valence-electron chi connectivity index (χ0n) is 11.9. The highest BCUT2D eigenvalue weighted by Gasteiger charge is 2.05. The van der Waals surface area contributed by atoms with Crippen molar-refractivity contribution in [2.45, 2.75) is 26.6 Å². The summed E-state index contributed by atoms with van der Waals surface area (Å²) in [4.78, 5) is 0. The number of aryl methyl sites for hydroxylation is 2. The second kappa shape index (κ2) is 7.12. The van der Waals surface area contributed by atoms with Gasteiger partial charge in [-0.05, 0) is 49.2 Å². The quantitative estimate of drug-likeness (QED) is 0.816. The molecule has 108 valence electrons. The first kappa shape index (κ1) is 14.6. The van der Waals surface area contributed by atoms with Gasteiger partial charge < -0.3 is 19.6 Å². The second-order valence-corrected chi connectivity index (χ2v) is 5.01. The van der Waals surface area contributed by atoms with Crippen LogP contribution in [0.2, 0.25) is 0 Å². The van der Waals surface area contributed by atoms with Gasteiger partial charge in [-0.25, -0.2) is 0 Å². The fourth-order valence-corrected chi connectivity index (χ4v) is 2.06. The standard InChI is InChI=1S/C16H21NO3/c1-12-6-13(2)8-14(7-12)17-9-15(18)10-19-11-16-4-3-5-20-16/h3-8,15,17-18H,9-11H2,1-2H3. The van der Waals surface area contributed by atoms with Crippen molar-refractivity contribution < 1.29 is 14.3 Å². The minimum atomic E-state index is -0.550. The molecule has 1 atom stereocenters. The Balaban J connectivity index is 1.70. The Kier molecular flexibility index (Phi) is 5.21. The highest BCUT2D eigenvalue weighted by molar-refractivity contribution is 5.48. The predicted molar refractivity (Wildman–Crippen MR) is 78.8 cm³/mol. The van der Waals surface area contributed by atoms with E-state index in [0.29, 0.717) is 13.2 Å². The molecule has 1 aromatic heterocycles. The highest BCUT2D eigenvalue weighted by Crippen LogP contribution is 2.13. The molecule has 0 saturated carbocycles. The molecule has 20 heavy (non-hydrogen) atoms. The summed E-state index contributed by atoms with van der Waals surface area (Å²) < 4.78 is 10.5. The van der Waals surface area contributed by atoms with Gasteiger partial charge in [0.2, 0.25) is 0 Å². The Morgan fingerprint density at radius 2 is 2.00 bits per heavy atom. The summed E-state index contributed by atoms with van der Waals surface area (Å²) in [6, 6.07) is 9.90. The third kappa shape index (κ3) is 4.72. The third-order valence-electron chi connectivity index (χ3n) is 2.90. The van der Waals surface area contributed by atoms with Crippen molar-refractivity contribution in [1.82, 2.24) is 0 Å².